The molecule has 1 heterocycles. The fraction of sp³-hybridized carbons (Fsp3) is 0.722. The number of carbonyl (C=O) groups excluding carboxylic acids is 3. The SMILES string of the molecule is COCO[C@H]1CCNC(=O)C=C[C@H](C)NC(=O)[C@@H](NC(=O)OC(C)(C)C)C1. The summed E-state index contributed by atoms with van der Waals surface area (Å²) in [5.74, 6) is -0.629. The highest BCUT2D eigenvalue weighted by Gasteiger charge is 2.28. The summed E-state index contributed by atoms with van der Waals surface area (Å²) in [5.41, 5.74) is -0.682. The standard InChI is InChI=1S/C18H31N3O6/c1-12-6-7-15(22)19-9-8-13(26-11-25-5)10-14(16(23)20-12)21-17(24)27-18(2,3)4/h6-7,12-14H,8-11H2,1-5H3,(H,19,22)(H,20,23)(H,21,24)/t12-,13-,14-/m0/s1. The smallest absolute Gasteiger partial charge is 0.408 e. The van der Waals surface area contributed by atoms with Gasteiger partial charge in [-0.25, -0.2) is 4.79 Å². The Labute approximate surface area is 160 Å². The Hall–Kier alpha value is -2.13. The molecule has 27 heavy (non-hydrogen) atoms. The van der Waals surface area contributed by atoms with Gasteiger partial charge in [-0.1, -0.05) is 6.08 Å². The third-order valence-electron chi connectivity index (χ3n) is 3.60. The molecule has 0 aromatic heterocycles. The van der Waals surface area contributed by atoms with Gasteiger partial charge in [0.05, 0.1) is 6.10 Å². The van der Waals surface area contributed by atoms with Crippen molar-refractivity contribution in [2.24, 2.45) is 0 Å². The molecule has 0 radical (unpaired) electrons. The fourth-order valence-electron chi connectivity index (χ4n) is 2.40. The van der Waals surface area contributed by atoms with Gasteiger partial charge in [-0.3, -0.25) is 9.59 Å². The van der Waals surface area contributed by atoms with E-state index in [0.717, 1.165) is 0 Å². The second-order valence-electron chi connectivity index (χ2n) is 7.37. The molecule has 0 fully saturated rings. The molecule has 0 unspecified atom stereocenters. The first-order valence-corrected chi connectivity index (χ1v) is 8.97. The quantitative estimate of drug-likeness (QED) is 0.618. The second kappa shape index (κ2) is 10.9. The summed E-state index contributed by atoms with van der Waals surface area (Å²) in [4.78, 5) is 36.5. The number of hydrogen-bond donors (Lipinski definition) is 3. The van der Waals surface area contributed by atoms with Crippen LogP contribution in [0.3, 0.4) is 0 Å². The highest BCUT2D eigenvalue weighted by atomic mass is 16.7. The van der Waals surface area contributed by atoms with Gasteiger partial charge in [0.25, 0.3) is 0 Å². The maximum atomic E-state index is 12.6. The predicted molar refractivity (Wildman–Crippen MR) is 98.9 cm³/mol. The van der Waals surface area contributed by atoms with Crippen molar-refractivity contribution >= 4 is 17.9 Å². The van der Waals surface area contributed by atoms with Crippen molar-refractivity contribution in [2.75, 3.05) is 20.4 Å². The van der Waals surface area contributed by atoms with E-state index in [1.807, 2.05) is 0 Å². The lowest BCUT2D eigenvalue weighted by Gasteiger charge is -2.27. The zero-order valence-corrected chi connectivity index (χ0v) is 16.7. The third-order valence-corrected chi connectivity index (χ3v) is 3.60. The van der Waals surface area contributed by atoms with E-state index in [1.165, 1.54) is 13.2 Å². The average molecular weight is 385 g/mol. The number of nitrogens with one attached hydrogen (secondary N) is 3. The van der Waals surface area contributed by atoms with Crippen molar-refractivity contribution in [3.8, 4) is 0 Å². The Morgan fingerprint density at radius 2 is 2.04 bits per heavy atom. The van der Waals surface area contributed by atoms with Crippen molar-refractivity contribution in [1.82, 2.24) is 16.0 Å². The van der Waals surface area contributed by atoms with E-state index in [0.29, 0.717) is 13.0 Å². The second-order valence-corrected chi connectivity index (χ2v) is 7.37. The number of rotatable bonds is 4. The monoisotopic (exact) mass is 385 g/mol. The lowest BCUT2D eigenvalue weighted by atomic mass is 10.0. The number of methoxy groups -OCH3 is 1. The van der Waals surface area contributed by atoms with Crippen LogP contribution in [-0.4, -0.2) is 62.1 Å². The van der Waals surface area contributed by atoms with E-state index in [9.17, 15) is 14.4 Å². The number of alkyl carbamates (subject to hydrolysis) is 1. The van der Waals surface area contributed by atoms with E-state index in [4.69, 9.17) is 14.2 Å². The molecule has 3 N–H and O–H groups in total. The van der Waals surface area contributed by atoms with Gasteiger partial charge in [0.2, 0.25) is 11.8 Å². The van der Waals surface area contributed by atoms with E-state index in [-0.39, 0.29) is 31.1 Å². The van der Waals surface area contributed by atoms with Gasteiger partial charge in [0, 0.05) is 32.2 Å². The topological polar surface area (TPSA) is 115 Å². The molecule has 0 aromatic rings. The largest absolute Gasteiger partial charge is 0.444 e. The first-order valence-electron chi connectivity index (χ1n) is 8.97. The zero-order valence-electron chi connectivity index (χ0n) is 16.7. The highest BCUT2D eigenvalue weighted by Crippen LogP contribution is 2.11. The molecule has 0 saturated carbocycles. The summed E-state index contributed by atoms with van der Waals surface area (Å²) in [6.07, 6.45) is 2.52. The van der Waals surface area contributed by atoms with Crippen LogP contribution >= 0.6 is 0 Å². The van der Waals surface area contributed by atoms with E-state index >= 15 is 0 Å². The van der Waals surface area contributed by atoms with Crippen LogP contribution in [0.25, 0.3) is 0 Å². The van der Waals surface area contributed by atoms with E-state index < -0.39 is 23.8 Å². The van der Waals surface area contributed by atoms with Crippen LogP contribution in [0, 0.1) is 0 Å². The summed E-state index contributed by atoms with van der Waals surface area (Å²) in [7, 11) is 1.49. The Kier molecular flexibility index (Phi) is 9.23. The minimum absolute atomic E-state index is 0.0374. The normalized spacial score (nSPS) is 24.9. The molecule has 154 valence electrons. The molecular formula is C18H31N3O6. The molecule has 3 atom stereocenters. The molecule has 9 nitrogen and oxygen atoms in total. The van der Waals surface area contributed by atoms with E-state index in [1.54, 1.807) is 33.8 Å². The van der Waals surface area contributed by atoms with Crippen molar-refractivity contribution in [3.63, 3.8) is 0 Å². The number of amides is 3. The van der Waals surface area contributed by atoms with Crippen LogP contribution < -0.4 is 16.0 Å². The van der Waals surface area contributed by atoms with Crippen molar-refractivity contribution < 1.29 is 28.6 Å². The molecule has 0 aromatic carbocycles. The number of ether oxygens (including phenoxy) is 3. The van der Waals surface area contributed by atoms with E-state index in [2.05, 4.69) is 16.0 Å². The van der Waals surface area contributed by atoms with Crippen LogP contribution in [0.15, 0.2) is 12.2 Å². The minimum atomic E-state index is -0.854. The predicted octanol–water partition coefficient (Wildman–Crippen LogP) is 0.840. The van der Waals surface area contributed by atoms with Gasteiger partial charge in [-0.2, -0.15) is 0 Å². The Morgan fingerprint density at radius 3 is 2.67 bits per heavy atom. The molecule has 0 spiro atoms. The van der Waals surface area contributed by atoms with Crippen LogP contribution in [0.2, 0.25) is 0 Å². The van der Waals surface area contributed by atoms with Crippen molar-refractivity contribution in [2.45, 2.75) is 64.3 Å². The summed E-state index contributed by atoms with van der Waals surface area (Å²) in [5, 5.41) is 8.11. The molecule has 0 bridgehead atoms. The lowest BCUT2D eigenvalue weighted by molar-refractivity contribution is -0.126. The zero-order chi connectivity index (χ0) is 20.4. The van der Waals surface area contributed by atoms with Gasteiger partial charge in [0.15, 0.2) is 0 Å². The molecule has 1 aliphatic rings. The van der Waals surface area contributed by atoms with Crippen LogP contribution in [-0.2, 0) is 23.8 Å². The van der Waals surface area contributed by atoms with Crippen LogP contribution in [0.5, 0.6) is 0 Å². The number of hydrogen-bond acceptors (Lipinski definition) is 6. The Balaban J connectivity index is 2.93. The summed E-state index contributed by atoms with van der Waals surface area (Å²) in [6.45, 7) is 7.37. The molecule has 1 aliphatic heterocycles. The van der Waals surface area contributed by atoms with Gasteiger partial charge in [0.1, 0.15) is 18.4 Å². The molecular weight excluding hydrogens is 354 g/mol. The first kappa shape index (κ1) is 22.9. The molecule has 0 aliphatic carbocycles. The average Bonchev–Trinajstić information content (AvgIpc) is 2.54. The molecule has 1 rings (SSSR count). The minimum Gasteiger partial charge on any atom is -0.444 e. The van der Waals surface area contributed by atoms with Crippen LogP contribution in [0.4, 0.5) is 4.79 Å². The Morgan fingerprint density at radius 1 is 1.33 bits per heavy atom. The summed E-state index contributed by atoms with van der Waals surface area (Å²) >= 11 is 0. The van der Waals surface area contributed by atoms with Gasteiger partial charge >= 0.3 is 6.09 Å². The summed E-state index contributed by atoms with van der Waals surface area (Å²) in [6, 6.07) is -1.24. The van der Waals surface area contributed by atoms with Gasteiger partial charge < -0.3 is 30.2 Å². The molecule has 0 saturated heterocycles. The maximum absolute atomic E-state index is 12.6. The first-order chi connectivity index (χ1) is 12.6. The summed E-state index contributed by atoms with van der Waals surface area (Å²) < 4.78 is 15.8. The fourth-order valence-corrected chi connectivity index (χ4v) is 2.40. The maximum Gasteiger partial charge on any atom is 0.408 e. The van der Waals surface area contributed by atoms with Gasteiger partial charge in [-0.15, -0.1) is 0 Å². The lowest BCUT2D eigenvalue weighted by Crippen LogP contribution is -2.51. The molecule has 9 heteroatoms. The Bertz CT molecular complexity index is 544. The van der Waals surface area contributed by atoms with Crippen LogP contribution in [0.1, 0.15) is 40.5 Å². The van der Waals surface area contributed by atoms with Gasteiger partial charge in [-0.05, 0) is 34.1 Å². The number of carbonyl (C=O) groups is 3. The molecule has 3 amide bonds. The van der Waals surface area contributed by atoms with Crippen molar-refractivity contribution in [1.29, 1.82) is 0 Å². The third kappa shape index (κ3) is 9.95. The highest BCUT2D eigenvalue weighted by molar-refractivity contribution is 5.88. The van der Waals surface area contributed by atoms with Crippen molar-refractivity contribution in [3.05, 3.63) is 12.2 Å².